The zero-order valence-electron chi connectivity index (χ0n) is 17.0. The van der Waals surface area contributed by atoms with Crippen molar-refractivity contribution in [3.05, 3.63) is 64.3 Å². The quantitative estimate of drug-likeness (QED) is 0.475. The van der Waals surface area contributed by atoms with Crippen LogP contribution in [0.5, 0.6) is 0 Å². The topological polar surface area (TPSA) is 119 Å². The van der Waals surface area contributed by atoms with Crippen LogP contribution in [0.3, 0.4) is 0 Å². The first kappa shape index (κ1) is 18.7. The van der Waals surface area contributed by atoms with Gasteiger partial charge in [-0.25, -0.2) is 14.4 Å². The van der Waals surface area contributed by atoms with Gasteiger partial charge in [0.2, 0.25) is 5.89 Å². The van der Waals surface area contributed by atoms with E-state index in [9.17, 15) is 9.18 Å². The predicted octanol–water partition coefficient (Wildman–Crippen LogP) is 1.42. The number of halogens is 1. The SMILES string of the molecule is Cn1cnc2ncn(Cc3nc(C4[C@H]5CN(c6ccc(C#N)c(F)c6)C[C@@H]45)no3)c(=O)c21. The zero-order chi connectivity index (χ0) is 22.0. The molecule has 1 saturated carbocycles. The molecule has 10 nitrogen and oxygen atoms in total. The van der Waals surface area contributed by atoms with Gasteiger partial charge in [0.15, 0.2) is 17.0 Å². The van der Waals surface area contributed by atoms with Crippen LogP contribution in [0.15, 0.2) is 40.2 Å². The maximum Gasteiger partial charge on any atom is 0.280 e. The lowest BCUT2D eigenvalue weighted by Crippen LogP contribution is -2.24. The fourth-order valence-electron chi connectivity index (χ4n) is 4.71. The third-order valence-corrected chi connectivity index (χ3v) is 6.42. The number of rotatable bonds is 4. The molecule has 11 heteroatoms. The normalized spacial score (nSPS) is 21.7. The molecule has 160 valence electrons. The van der Waals surface area contributed by atoms with Gasteiger partial charge in [-0.15, -0.1) is 0 Å². The van der Waals surface area contributed by atoms with Gasteiger partial charge in [-0.2, -0.15) is 10.2 Å². The summed E-state index contributed by atoms with van der Waals surface area (Å²) in [6.07, 6.45) is 2.98. The number of nitrogens with zero attached hydrogens (tertiary/aromatic N) is 8. The Hall–Kier alpha value is -4.07. The van der Waals surface area contributed by atoms with Crippen molar-refractivity contribution < 1.29 is 8.91 Å². The lowest BCUT2D eigenvalue weighted by Gasteiger charge is -2.21. The lowest BCUT2D eigenvalue weighted by atomic mass is 10.2. The van der Waals surface area contributed by atoms with Gasteiger partial charge < -0.3 is 14.0 Å². The number of piperidine rings is 1. The van der Waals surface area contributed by atoms with E-state index in [0.717, 1.165) is 18.8 Å². The molecule has 2 aliphatic rings. The van der Waals surface area contributed by atoms with Crippen molar-refractivity contribution >= 4 is 16.9 Å². The summed E-state index contributed by atoms with van der Waals surface area (Å²) in [6.45, 7) is 1.68. The second kappa shape index (κ2) is 6.71. The maximum absolute atomic E-state index is 13.9. The van der Waals surface area contributed by atoms with Gasteiger partial charge in [0.25, 0.3) is 5.56 Å². The molecule has 0 bridgehead atoms. The average Bonchev–Trinajstić information content (AvgIpc) is 3.21. The molecule has 3 atom stereocenters. The fourth-order valence-corrected chi connectivity index (χ4v) is 4.71. The summed E-state index contributed by atoms with van der Waals surface area (Å²) in [5, 5.41) is 13.0. The first-order valence-electron chi connectivity index (χ1n) is 10.2. The predicted molar refractivity (Wildman–Crippen MR) is 109 cm³/mol. The van der Waals surface area contributed by atoms with Crippen LogP contribution in [0.25, 0.3) is 11.2 Å². The molecule has 1 saturated heterocycles. The molecule has 1 aliphatic heterocycles. The van der Waals surface area contributed by atoms with Crippen molar-refractivity contribution in [3.8, 4) is 6.07 Å². The summed E-state index contributed by atoms with van der Waals surface area (Å²) >= 11 is 0. The van der Waals surface area contributed by atoms with Crippen LogP contribution >= 0.6 is 0 Å². The van der Waals surface area contributed by atoms with Crippen molar-refractivity contribution in [2.75, 3.05) is 18.0 Å². The number of hydrogen-bond donors (Lipinski definition) is 0. The monoisotopic (exact) mass is 432 g/mol. The molecule has 0 amide bonds. The summed E-state index contributed by atoms with van der Waals surface area (Å²) in [5.41, 5.74) is 1.43. The number of aromatic nitrogens is 6. The fraction of sp³-hybridized carbons (Fsp3) is 0.333. The Balaban J connectivity index is 1.15. The van der Waals surface area contributed by atoms with Gasteiger partial charge in [-0.3, -0.25) is 9.36 Å². The van der Waals surface area contributed by atoms with Gasteiger partial charge >= 0.3 is 0 Å². The summed E-state index contributed by atoms with van der Waals surface area (Å²) in [4.78, 5) is 27.6. The number of benzene rings is 1. The van der Waals surface area contributed by atoms with Crippen molar-refractivity contribution in [3.63, 3.8) is 0 Å². The van der Waals surface area contributed by atoms with Crippen molar-refractivity contribution in [2.24, 2.45) is 18.9 Å². The minimum absolute atomic E-state index is 0.0483. The molecule has 0 radical (unpaired) electrons. The average molecular weight is 432 g/mol. The number of imidazole rings is 1. The number of nitriles is 1. The van der Waals surface area contributed by atoms with E-state index in [1.807, 2.05) is 6.07 Å². The van der Waals surface area contributed by atoms with E-state index >= 15 is 0 Å². The van der Waals surface area contributed by atoms with Crippen molar-refractivity contribution in [1.82, 2.24) is 29.2 Å². The Morgan fingerprint density at radius 1 is 1.25 bits per heavy atom. The molecule has 1 aliphatic carbocycles. The Morgan fingerprint density at radius 2 is 2.03 bits per heavy atom. The molecule has 2 fully saturated rings. The highest BCUT2D eigenvalue weighted by Crippen LogP contribution is 2.57. The first-order chi connectivity index (χ1) is 15.5. The van der Waals surface area contributed by atoms with E-state index in [1.165, 1.54) is 23.0 Å². The molecule has 32 heavy (non-hydrogen) atoms. The van der Waals surface area contributed by atoms with Crippen LogP contribution < -0.4 is 10.5 Å². The van der Waals surface area contributed by atoms with Gasteiger partial charge in [0.1, 0.15) is 24.8 Å². The van der Waals surface area contributed by atoms with Gasteiger partial charge in [-0.1, -0.05) is 5.16 Å². The summed E-state index contributed by atoms with van der Waals surface area (Å²) < 4.78 is 22.4. The van der Waals surface area contributed by atoms with Gasteiger partial charge in [-0.05, 0) is 30.0 Å². The zero-order valence-corrected chi connectivity index (χ0v) is 17.0. The third-order valence-electron chi connectivity index (χ3n) is 6.42. The first-order valence-corrected chi connectivity index (χ1v) is 10.2. The number of hydrogen-bond acceptors (Lipinski definition) is 8. The smallest absolute Gasteiger partial charge is 0.280 e. The summed E-state index contributed by atoms with van der Waals surface area (Å²) in [6, 6.07) is 6.54. The highest BCUT2D eigenvalue weighted by Gasteiger charge is 2.58. The molecule has 1 aromatic carbocycles. The van der Waals surface area contributed by atoms with Crippen molar-refractivity contribution in [1.29, 1.82) is 5.26 Å². The Kier molecular flexibility index (Phi) is 3.92. The molecule has 0 spiro atoms. The molecular formula is C21H17FN8O2. The molecule has 6 rings (SSSR count). The van der Waals surface area contributed by atoms with Crippen LogP contribution in [0.4, 0.5) is 10.1 Å². The van der Waals surface area contributed by atoms with E-state index in [0.29, 0.717) is 34.7 Å². The summed E-state index contributed by atoms with van der Waals surface area (Å²) in [5.74, 6) is 1.42. The van der Waals surface area contributed by atoms with E-state index in [1.54, 1.807) is 24.0 Å². The van der Waals surface area contributed by atoms with E-state index < -0.39 is 5.82 Å². The van der Waals surface area contributed by atoms with Gasteiger partial charge in [0, 0.05) is 31.7 Å². The standard InChI is InChI=1S/C21H17FN8O2/c1-28-9-24-20-18(28)21(31)30(10-25-20)8-16-26-19(27-32-16)17-13-6-29(7-14(13)17)12-3-2-11(5-23)15(22)4-12/h2-4,9-10,13-14,17H,6-8H2,1H3/t13-,14+,17?. The Morgan fingerprint density at radius 3 is 2.78 bits per heavy atom. The Bertz CT molecular complexity index is 1450. The molecular weight excluding hydrogens is 415 g/mol. The highest BCUT2D eigenvalue weighted by atomic mass is 19.1. The molecule has 1 unspecified atom stereocenters. The van der Waals surface area contributed by atoms with Gasteiger partial charge in [0.05, 0.1) is 11.9 Å². The molecule has 0 N–H and O–H groups in total. The number of fused-ring (bicyclic) bond motifs is 2. The van der Waals surface area contributed by atoms with Crippen LogP contribution in [-0.2, 0) is 13.6 Å². The van der Waals surface area contributed by atoms with Crippen molar-refractivity contribution in [2.45, 2.75) is 12.5 Å². The number of aryl methyl sites for hydroxylation is 1. The third kappa shape index (κ3) is 2.80. The van der Waals surface area contributed by atoms with Crippen LogP contribution in [-0.4, -0.2) is 42.3 Å². The molecule has 3 aromatic heterocycles. The molecule has 4 heterocycles. The Labute approximate surface area is 180 Å². The number of anilines is 1. The maximum atomic E-state index is 13.9. The van der Waals surface area contributed by atoms with Crippen LogP contribution in [0.2, 0.25) is 0 Å². The van der Waals surface area contributed by atoms with E-state index in [4.69, 9.17) is 9.78 Å². The minimum Gasteiger partial charge on any atom is -0.371 e. The highest BCUT2D eigenvalue weighted by molar-refractivity contribution is 5.68. The second-order valence-electron chi connectivity index (χ2n) is 8.29. The molecule has 4 aromatic rings. The van der Waals surface area contributed by atoms with E-state index in [2.05, 4.69) is 25.0 Å². The lowest BCUT2D eigenvalue weighted by molar-refractivity contribution is 0.363. The largest absolute Gasteiger partial charge is 0.371 e. The van der Waals surface area contributed by atoms with Crippen LogP contribution in [0.1, 0.15) is 23.2 Å². The van der Waals surface area contributed by atoms with Crippen LogP contribution in [0, 0.1) is 29.0 Å². The second-order valence-corrected chi connectivity index (χ2v) is 8.29. The summed E-state index contributed by atoms with van der Waals surface area (Å²) in [7, 11) is 1.75. The minimum atomic E-state index is -0.501. The van der Waals surface area contributed by atoms with E-state index in [-0.39, 0.29) is 23.6 Å².